The van der Waals surface area contributed by atoms with Crippen LogP contribution in [0.25, 0.3) is 0 Å². The molecule has 0 bridgehead atoms. The van der Waals surface area contributed by atoms with Gasteiger partial charge in [-0.2, -0.15) is 5.26 Å². The maximum Gasteiger partial charge on any atom is 0.101 e. The number of nitriles is 1. The van der Waals surface area contributed by atoms with Crippen molar-refractivity contribution in [1.82, 2.24) is 4.90 Å². The van der Waals surface area contributed by atoms with E-state index in [2.05, 4.69) is 24.8 Å². The topological polar surface area (TPSA) is 27.0 Å². The van der Waals surface area contributed by atoms with E-state index in [1.54, 1.807) is 0 Å². The minimum Gasteiger partial charge on any atom is -0.288 e. The lowest BCUT2D eigenvalue weighted by Gasteiger charge is -2.30. The second-order valence-electron chi connectivity index (χ2n) is 4.55. The maximum absolute atomic E-state index is 9.31. The summed E-state index contributed by atoms with van der Waals surface area (Å²) >= 11 is 0. The van der Waals surface area contributed by atoms with E-state index in [1.165, 1.54) is 38.5 Å². The fourth-order valence-electron chi connectivity index (χ4n) is 2.73. The van der Waals surface area contributed by atoms with Crippen LogP contribution in [0, 0.1) is 17.2 Å². The molecule has 1 unspecified atom stereocenters. The number of nitrogens with zero attached hydrogens (tertiary/aromatic N) is 2. The predicted molar refractivity (Wildman–Crippen MR) is 63.5 cm³/mol. The number of rotatable bonds is 4. The van der Waals surface area contributed by atoms with E-state index in [-0.39, 0.29) is 6.04 Å². The van der Waals surface area contributed by atoms with Crippen LogP contribution in [0.15, 0.2) is 0 Å². The van der Waals surface area contributed by atoms with Crippen LogP contribution in [0.5, 0.6) is 0 Å². The Morgan fingerprint density at radius 3 is 2.07 bits per heavy atom. The normalized spacial score (nSPS) is 20.9. The molecular formula is C13H24N2. The third-order valence-corrected chi connectivity index (χ3v) is 3.68. The molecule has 0 aromatic carbocycles. The Kier molecular flexibility index (Phi) is 5.71. The highest BCUT2D eigenvalue weighted by Crippen LogP contribution is 2.27. The summed E-state index contributed by atoms with van der Waals surface area (Å²) in [5.74, 6) is 0.623. The standard InChI is InChI=1S/C13H24N2/c1-3-15(4-2)13(11-14)12-9-7-5-6-8-10-12/h12-13H,3-10H2,1-2H3. The van der Waals surface area contributed by atoms with E-state index < -0.39 is 0 Å². The Hall–Kier alpha value is -0.550. The first kappa shape index (κ1) is 12.5. The highest BCUT2D eigenvalue weighted by molar-refractivity contribution is 4.96. The monoisotopic (exact) mass is 208 g/mol. The lowest BCUT2D eigenvalue weighted by atomic mass is 9.91. The van der Waals surface area contributed by atoms with Crippen molar-refractivity contribution >= 4 is 0 Å². The molecular weight excluding hydrogens is 184 g/mol. The molecule has 86 valence electrons. The van der Waals surface area contributed by atoms with Crippen molar-refractivity contribution in [2.75, 3.05) is 13.1 Å². The van der Waals surface area contributed by atoms with E-state index in [4.69, 9.17) is 0 Å². The van der Waals surface area contributed by atoms with E-state index >= 15 is 0 Å². The highest BCUT2D eigenvalue weighted by atomic mass is 15.1. The first-order valence-corrected chi connectivity index (χ1v) is 6.47. The van der Waals surface area contributed by atoms with Gasteiger partial charge in [-0.1, -0.05) is 39.5 Å². The quantitative estimate of drug-likeness (QED) is 0.663. The summed E-state index contributed by atoms with van der Waals surface area (Å²) in [6.07, 6.45) is 7.90. The molecule has 1 rings (SSSR count). The summed E-state index contributed by atoms with van der Waals surface area (Å²) in [5.41, 5.74) is 0. The van der Waals surface area contributed by atoms with Crippen molar-refractivity contribution in [3.8, 4) is 6.07 Å². The van der Waals surface area contributed by atoms with Crippen LogP contribution in [0.2, 0.25) is 0 Å². The summed E-state index contributed by atoms with van der Waals surface area (Å²) < 4.78 is 0. The van der Waals surface area contributed by atoms with Gasteiger partial charge in [0, 0.05) is 0 Å². The van der Waals surface area contributed by atoms with Crippen LogP contribution < -0.4 is 0 Å². The smallest absolute Gasteiger partial charge is 0.101 e. The van der Waals surface area contributed by atoms with Gasteiger partial charge in [0.15, 0.2) is 0 Å². The minimum atomic E-state index is 0.165. The highest BCUT2D eigenvalue weighted by Gasteiger charge is 2.26. The SMILES string of the molecule is CCN(CC)C(C#N)C1CCCCCC1. The zero-order chi connectivity index (χ0) is 11.1. The van der Waals surface area contributed by atoms with Crippen molar-refractivity contribution in [2.45, 2.75) is 58.4 Å². The summed E-state index contributed by atoms with van der Waals surface area (Å²) in [4.78, 5) is 2.32. The van der Waals surface area contributed by atoms with E-state index in [0.29, 0.717) is 5.92 Å². The van der Waals surface area contributed by atoms with Crippen molar-refractivity contribution < 1.29 is 0 Å². The summed E-state index contributed by atoms with van der Waals surface area (Å²) in [7, 11) is 0. The second kappa shape index (κ2) is 6.85. The van der Waals surface area contributed by atoms with Crippen molar-refractivity contribution in [2.24, 2.45) is 5.92 Å². The molecule has 0 N–H and O–H groups in total. The van der Waals surface area contributed by atoms with Gasteiger partial charge in [-0.25, -0.2) is 0 Å². The van der Waals surface area contributed by atoms with Crippen LogP contribution in [-0.2, 0) is 0 Å². The van der Waals surface area contributed by atoms with E-state index in [1.807, 2.05) is 0 Å². The van der Waals surface area contributed by atoms with Gasteiger partial charge in [0.25, 0.3) is 0 Å². The largest absolute Gasteiger partial charge is 0.288 e. The fourth-order valence-corrected chi connectivity index (χ4v) is 2.73. The van der Waals surface area contributed by atoms with E-state index in [0.717, 1.165) is 13.1 Å². The molecule has 1 aliphatic rings. The van der Waals surface area contributed by atoms with Gasteiger partial charge in [-0.05, 0) is 31.8 Å². The molecule has 2 heteroatoms. The second-order valence-corrected chi connectivity index (χ2v) is 4.55. The third-order valence-electron chi connectivity index (χ3n) is 3.68. The summed E-state index contributed by atoms with van der Waals surface area (Å²) in [6.45, 7) is 6.32. The molecule has 0 aromatic heterocycles. The molecule has 0 aromatic rings. The van der Waals surface area contributed by atoms with Crippen LogP contribution in [0.4, 0.5) is 0 Å². The van der Waals surface area contributed by atoms with Crippen LogP contribution in [-0.4, -0.2) is 24.0 Å². The molecule has 0 saturated heterocycles. The summed E-state index contributed by atoms with van der Waals surface area (Å²) in [6, 6.07) is 2.69. The van der Waals surface area contributed by atoms with E-state index in [9.17, 15) is 5.26 Å². The number of hydrogen-bond donors (Lipinski definition) is 0. The molecule has 15 heavy (non-hydrogen) atoms. The third kappa shape index (κ3) is 3.50. The lowest BCUT2D eigenvalue weighted by molar-refractivity contribution is 0.186. The molecule has 1 fully saturated rings. The van der Waals surface area contributed by atoms with Crippen molar-refractivity contribution in [3.63, 3.8) is 0 Å². The average Bonchev–Trinajstić information content (AvgIpc) is 2.54. The van der Waals surface area contributed by atoms with Gasteiger partial charge in [-0.15, -0.1) is 0 Å². The zero-order valence-electron chi connectivity index (χ0n) is 10.2. The van der Waals surface area contributed by atoms with Crippen LogP contribution >= 0.6 is 0 Å². The maximum atomic E-state index is 9.31. The molecule has 1 atom stereocenters. The fraction of sp³-hybridized carbons (Fsp3) is 0.923. The van der Waals surface area contributed by atoms with Crippen molar-refractivity contribution in [3.05, 3.63) is 0 Å². The molecule has 0 radical (unpaired) electrons. The molecule has 1 saturated carbocycles. The van der Waals surface area contributed by atoms with Gasteiger partial charge in [0.05, 0.1) is 6.07 Å². The Balaban J connectivity index is 2.59. The zero-order valence-corrected chi connectivity index (χ0v) is 10.2. The molecule has 0 amide bonds. The van der Waals surface area contributed by atoms with Crippen molar-refractivity contribution in [1.29, 1.82) is 5.26 Å². The van der Waals surface area contributed by atoms with Gasteiger partial charge < -0.3 is 0 Å². The Morgan fingerprint density at radius 2 is 1.67 bits per heavy atom. The van der Waals surface area contributed by atoms with Gasteiger partial charge in [-0.3, -0.25) is 4.90 Å². The van der Waals surface area contributed by atoms with Gasteiger partial charge in [0.1, 0.15) is 6.04 Å². The number of hydrogen-bond acceptors (Lipinski definition) is 2. The Bertz CT molecular complexity index is 195. The van der Waals surface area contributed by atoms with Gasteiger partial charge in [0.2, 0.25) is 0 Å². The lowest BCUT2D eigenvalue weighted by Crippen LogP contribution is -2.39. The molecule has 1 aliphatic carbocycles. The first-order valence-electron chi connectivity index (χ1n) is 6.47. The average molecular weight is 208 g/mol. The molecule has 0 aliphatic heterocycles. The molecule has 0 spiro atoms. The Morgan fingerprint density at radius 1 is 1.13 bits per heavy atom. The predicted octanol–water partition coefficient (Wildman–Crippen LogP) is 3.19. The van der Waals surface area contributed by atoms with Crippen LogP contribution in [0.1, 0.15) is 52.4 Å². The minimum absolute atomic E-state index is 0.165. The van der Waals surface area contributed by atoms with Gasteiger partial charge >= 0.3 is 0 Å². The molecule has 0 heterocycles. The van der Waals surface area contributed by atoms with Crippen LogP contribution in [0.3, 0.4) is 0 Å². The molecule has 2 nitrogen and oxygen atoms in total. The first-order chi connectivity index (χ1) is 7.33. The summed E-state index contributed by atoms with van der Waals surface area (Å²) in [5, 5.41) is 9.31. The Labute approximate surface area is 94.3 Å².